The zero-order valence-corrected chi connectivity index (χ0v) is 7.10. The van der Waals surface area contributed by atoms with Gasteiger partial charge in [0, 0.05) is 0 Å². The van der Waals surface area contributed by atoms with Crippen molar-refractivity contribution in [3.05, 3.63) is 13.2 Å². The molecule has 0 aliphatic rings. The summed E-state index contributed by atoms with van der Waals surface area (Å²) in [5.41, 5.74) is 0. The largest absolute Gasteiger partial charge is 0.464 e. The van der Waals surface area contributed by atoms with Crippen molar-refractivity contribution in [2.24, 2.45) is 4.99 Å². The summed E-state index contributed by atoms with van der Waals surface area (Å²) in [6, 6.07) is -0.0801. The first-order valence-corrected chi connectivity index (χ1v) is 3.49. The molecule has 0 unspecified atom stereocenters. The summed E-state index contributed by atoms with van der Waals surface area (Å²) in [7, 11) is 0. The van der Waals surface area contributed by atoms with E-state index in [-0.39, 0.29) is 6.02 Å². The minimum atomic E-state index is -0.0801. The quantitative estimate of drug-likeness (QED) is 0.289. The fraction of sp³-hybridized carbons (Fsp3) is 0.500. The lowest BCUT2D eigenvalue weighted by atomic mass is 10.4. The third-order valence-electron chi connectivity index (χ3n) is 0.880. The second-order valence-corrected chi connectivity index (χ2v) is 1.67. The van der Waals surface area contributed by atoms with Crippen LogP contribution in [0.3, 0.4) is 0 Å². The van der Waals surface area contributed by atoms with Crippen molar-refractivity contribution in [3.63, 3.8) is 0 Å². The first-order valence-electron chi connectivity index (χ1n) is 3.49. The Morgan fingerprint density at radius 3 is 2.45 bits per heavy atom. The molecule has 0 heterocycles. The normalized spacial score (nSPS) is 7.36. The third-order valence-corrected chi connectivity index (χ3v) is 0.880. The van der Waals surface area contributed by atoms with Crippen LogP contribution in [0, 0.1) is 5.41 Å². The highest BCUT2D eigenvalue weighted by Gasteiger charge is 1.88. The molecule has 0 aromatic heterocycles. The van der Waals surface area contributed by atoms with Crippen LogP contribution < -0.4 is 0 Å². The zero-order chi connectivity index (χ0) is 9.11. The molecule has 11 heavy (non-hydrogen) atoms. The lowest BCUT2D eigenvalue weighted by Gasteiger charge is -1.98. The van der Waals surface area contributed by atoms with Crippen molar-refractivity contribution in [1.82, 2.24) is 0 Å². The SMILES string of the molecule is C=C.C=NC(=N)OCCCC. The van der Waals surface area contributed by atoms with E-state index < -0.39 is 0 Å². The van der Waals surface area contributed by atoms with Crippen LogP contribution in [0.2, 0.25) is 0 Å². The van der Waals surface area contributed by atoms with Crippen LogP contribution in [0.1, 0.15) is 19.8 Å². The maximum absolute atomic E-state index is 6.86. The number of rotatable bonds is 3. The van der Waals surface area contributed by atoms with E-state index in [4.69, 9.17) is 10.1 Å². The second-order valence-electron chi connectivity index (χ2n) is 1.67. The highest BCUT2D eigenvalue weighted by Crippen LogP contribution is 1.88. The summed E-state index contributed by atoms with van der Waals surface area (Å²) in [5, 5.41) is 6.86. The molecule has 0 saturated heterocycles. The van der Waals surface area contributed by atoms with E-state index in [0.29, 0.717) is 6.61 Å². The zero-order valence-electron chi connectivity index (χ0n) is 7.10. The highest BCUT2D eigenvalue weighted by molar-refractivity contribution is 5.75. The van der Waals surface area contributed by atoms with Crippen molar-refractivity contribution in [2.45, 2.75) is 19.8 Å². The molecule has 64 valence electrons. The lowest BCUT2D eigenvalue weighted by molar-refractivity contribution is 0.290. The molecule has 0 fully saturated rings. The topological polar surface area (TPSA) is 45.4 Å². The van der Waals surface area contributed by atoms with Crippen LogP contribution in [0.25, 0.3) is 0 Å². The Hall–Kier alpha value is -1.12. The predicted molar refractivity (Wildman–Crippen MR) is 49.4 cm³/mol. The highest BCUT2D eigenvalue weighted by atomic mass is 16.5. The Balaban J connectivity index is 0. The van der Waals surface area contributed by atoms with Gasteiger partial charge in [-0.1, -0.05) is 13.3 Å². The number of hydrogen-bond donors (Lipinski definition) is 1. The summed E-state index contributed by atoms with van der Waals surface area (Å²) in [6.07, 6.45) is 2.04. The van der Waals surface area contributed by atoms with Crippen LogP contribution in [0.4, 0.5) is 0 Å². The molecular weight excluding hydrogens is 140 g/mol. The Labute approximate surface area is 68.3 Å². The number of nitrogens with zero attached hydrogens (tertiary/aromatic N) is 1. The average Bonchev–Trinajstić information content (AvgIpc) is 2.08. The molecule has 0 rings (SSSR count). The van der Waals surface area contributed by atoms with E-state index in [0.717, 1.165) is 12.8 Å². The fourth-order valence-electron chi connectivity index (χ4n) is 0.359. The number of nitrogens with one attached hydrogen (secondary N) is 1. The van der Waals surface area contributed by atoms with E-state index in [2.05, 4.69) is 31.8 Å². The van der Waals surface area contributed by atoms with Crippen molar-refractivity contribution >= 4 is 12.7 Å². The molecule has 0 bridgehead atoms. The summed E-state index contributed by atoms with van der Waals surface area (Å²) < 4.78 is 4.79. The standard InChI is InChI=1S/C6H12N2O.C2H4/c1-3-4-5-9-6(7)8-2;1-2/h7H,2-5H2,1H3;1-2H2. The predicted octanol–water partition coefficient (Wildman–Crippen LogP) is 2.24. The van der Waals surface area contributed by atoms with Crippen molar-refractivity contribution < 1.29 is 4.74 Å². The molecule has 0 atom stereocenters. The van der Waals surface area contributed by atoms with Gasteiger partial charge in [0.25, 0.3) is 0 Å². The fourth-order valence-corrected chi connectivity index (χ4v) is 0.359. The van der Waals surface area contributed by atoms with Gasteiger partial charge in [0.2, 0.25) is 0 Å². The minimum absolute atomic E-state index is 0.0801. The van der Waals surface area contributed by atoms with Crippen molar-refractivity contribution in [1.29, 1.82) is 5.41 Å². The molecule has 3 heteroatoms. The Morgan fingerprint density at radius 2 is 2.09 bits per heavy atom. The van der Waals surface area contributed by atoms with Crippen LogP contribution in [0.15, 0.2) is 18.2 Å². The minimum Gasteiger partial charge on any atom is -0.464 e. The van der Waals surface area contributed by atoms with E-state index in [1.165, 1.54) is 0 Å². The van der Waals surface area contributed by atoms with Crippen LogP contribution >= 0.6 is 0 Å². The number of ether oxygens (including phenoxy) is 1. The number of hydrogen-bond acceptors (Lipinski definition) is 2. The smallest absolute Gasteiger partial charge is 0.308 e. The molecular formula is C8H16N2O. The number of aliphatic imine (C=N–C) groups is 1. The Bertz CT molecular complexity index is 113. The first-order chi connectivity index (χ1) is 5.31. The summed E-state index contributed by atoms with van der Waals surface area (Å²) in [6.45, 7) is 11.8. The molecule has 0 amide bonds. The van der Waals surface area contributed by atoms with Gasteiger partial charge < -0.3 is 4.74 Å². The number of amidine groups is 1. The molecule has 3 nitrogen and oxygen atoms in total. The van der Waals surface area contributed by atoms with E-state index in [1.807, 2.05) is 0 Å². The molecule has 0 spiro atoms. The van der Waals surface area contributed by atoms with Crippen LogP contribution in [0.5, 0.6) is 0 Å². The molecule has 0 aromatic carbocycles. The monoisotopic (exact) mass is 156 g/mol. The van der Waals surface area contributed by atoms with Gasteiger partial charge in [0.15, 0.2) is 0 Å². The lowest BCUT2D eigenvalue weighted by Crippen LogP contribution is -2.00. The van der Waals surface area contributed by atoms with Gasteiger partial charge in [-0.3, -0.25) is 0 Å². The third kappa shape index (κ3) is 12.2. The van der Waals surface area contributed by atoms with Gasteiger partial charge in [-0.2, -0.15) is 0 Å². The summed E-state index contributed by atoms with van der Waals surface area (Å²) in [5.74, 6) is 0. The van der Waals surface area contributed by atoms with Crippen molar-refractivity contribution in [3.8, 4) is 0 Å². The first kappa shape index (κ1) is 12.5. The average molecular weight is 156 g/mol. The molecule has 0 aliphatic heterocycles. The van der Waals surface area contributed by atoms with Gasteiger partial charge in [0.05, 0.1) is 6.61 Å². The van der Waals surface area contributed by atoms with Gasteiger partial charge in [-0.05, 0) is 13.1 Å². The van der Waals surface area contributed by atoms with Gasteiger partial charge in [-0.15, -0.1) is 13.2 Å². The van der Waals surface area contributed by atoms with E-state index in [9.17, 15) is 0 Å². The summed E-state index contributed by atoms with van der Waals surface area (Å²) in [4.78, 5) is 3.27. The van der Waals surface area contributed by atoms with Gasteiger partial charge >= 0.3 is 6.02 Å². The van der Waals surface area contributed by atoms with Gasteiger partial charge in [0.1, 0.15) is 0 Å². The van der Waals surface area contributed by atoms with Crippen LogP contribution in [-0.4, -0.2) is 19.3 Å². The van der Waals surface area contributed by atoms with Crippen molar-refractivity contribution in [2.75, 3.05) is 6.61 Å². The second kappa shape index (κ2) is 11.6. The van der Waals surface area contributed by atoms with Crippen LogP contribution in [-0.2, 0) is 4.74 Å². The maximum atomic E-state index is 6.86. The molecule has 0 saturated carbocycles. The Kier molecular flexibility index (Phi) is 13.3. The molecule has 0 radical (unpaired) electrons. The molecule has 1 N–H and O–H groups in total. The van der Waals surface area contributed by atoms with E-state index >= 15 is 0 Å². The Morgan fingerprint density at radius 1 is 1.55 bits per heavy atom. The molecule has 0 aromatic rings. The van der Waals surface area contributed by atoms with E-state index in [1.54, 1.807) is 0 Å². The number of unbranched alkanes of at least 4 members (excludes halogenated alkanes) is 1. The summed E-state index contributed by atoms with van der Waals surface area (Å²) >= 11 is 0. The van der Waals surface area contributed by atoms with Gasteiger partial charge in [-0.25, -0.2) is 10.4 Å². The maximum Gasteiger partial charge on any atom is 0.308 e. The molecule has 0 aliphatic carbocycles.